The smallest absolute Gasteiger partial charge is 0.303 e. The average Bonchev–Trinajstić information content (AvgIpc) is 2.94. The highest BCUT2D eigenvalue weighted by molar-refractivity contribution is 6.04. The summed E-state index contributed by atoms with van der Waals surface area (Å²) in [5, 5.41) is 17.9. The number of aliphatic carboxylic acids is 1. The summed E-state index contributed by atoms with van der Waals surface area (Å²) in [5.74, 6) is -6.24. The first-order valence-electron chi connectivity index (χ1n) is 27.5. The molecular weight excluding hydrogens is 1130 g/mol. The lowest BCUT2D eigenvalue weighted by Crippen LogP contribution is -2.42. The van der Waals surface area contributed by atoms with Gasteiger partial charge in [0.2, 0.25) is 0 Å². The summed E-state index contributed by atoms with van der Waals surface area (Å²) in [4.78, 5) is 134. The first-order chi connectivity index (χ1) is 41.4. The summed E-state index contributed by atoms with van der Waals surface area (Å²) in [5.41, 5.74) is 45.8. The highest BCUT2D eigenvalue weighted by atomic mass is 16.5. The molecule has 28 nitrogen and oxygen atoms in total. The molecule has 0 spiro atoms. The van der Waals surface area contributed by atoms with E-state index in [2.05, 4.69) is 30.9 Å². The standard InChI is InChI=1S/C59H78N14O14/c1-84-48-16-11-32(24-36(48)53(61)80)29-45(75)41(9-6-22-69-58(64)65)71-55(82)38-27-35(14-19-50(38)86-3)31-47(77)43(15-20-52(78)79)73-56(83)39-26-34(13-18-51(39)87-4)30-46(76)42(10-7-23-70-59(66)67)72-54(81)37-25-33(12-17-49(37)85-2)28-44(74)40(60)8-5-21-68-57(62)63/h11-14,16-19,24-27,40-43H,5-10,15,20-23,28-31,60H2,1-4H3,(H2,61,80)(H,71,82)(H,72,81)(H,73,83)(H,78,79)(H4,62,63,68)(H4,64,65,69)(H4,66,67,70)/t40-,41-,42-,43-/m1/s1. The van der Waals surface area contributed by atoms with Crippen LogP contribution in [0.3, 0.4) is 0 Å². The Hall–Kier alpha value is -10.1. The van der Waals surface area contributed by atoms with E-state index >= 15 is 0 Å². The molecule has 0 unspecified atom stereocenters. The van der Waals surface area contributed by atoms with Crippen LogP contribution >= 0.6 is 0 Å². The number of rotatable bonds is 38. The van der Waals surface area contributed by atoms with Gasteiger partial charge in [-0.15, -0.1) is 0 Å². The van der Waals surface area contributed by atoms with E-state index < -0.39 is 84.0 Å². The number of aliphatic imine (C=N–C) groups is 3. The normalized spacial score (nSPS) is 12.1. The molecule has 0 aliphatic carbocycles. The lowest BCUT2D eigenvalue weighted by atomic mass is 9.96. The lowest BCUT2D eigenvalue weighted by molar-refractivity contribution is -0.137. The van der Waals surface area contributed by atoms with Crippen molar-refractivity contribution in [3.05, 3.63) is 117 Å². The van der Waals surface area contributed by atoms with Crippen molar-refractivity contribution in [2.45, 2.75) is 101 Å². The molecule has 4 atom stereocenters. The maximum Gasteiger partial charge on any atom is 0.303 e. The molecule has 0 aliphatic rings. The van der Waals surface area contributed by atoms with Crippen LogP contribution in [0, 0.1) is 0 Å². The summed E-state index contributed by atoms with van der Waals surface area (Å²) >= 11 is 0. The van der Waals surface area contributed by atoms with Gasteiger partial charge in [0.1, 0.15) is 23.0 Å². The number of ether oxygens (including phenoxy) is 4. The van der Waals surface area contributed by atoms with Crippen molar-refractivity contribution in [1.29, 1.82) is 0 Å². The Kier molecular flexibility index (Phi) is 27.6. The van der Waals surface area contributed by atoms with Gasteiger partial charge in [-0.1, -0.05) is 24.3 Å². The molecule has 0 heterocycles. The number of carbonyl (C=O) groups is 9. The van der Waals surface area contributed by atoms with E-state index in [0.717, 1.165) is 0 Å². The predicted molar refractivity (Wildman–Crippen MR) is 324 cm³/mol. The second kappa shape index (κ2) is 34.6. The SMILES string of the molecule is COc1ccc(CC(=O)[C@@H](CCCN=C(N)N)NC(=O)c2cc(CC(=O)[C@@H](CCC(=O)O)NC(=O)c3cc(CC(=O)[C@@H](CCCN=C(N)N)NC(=O)c4cc(CC(=O)[C@H](N)CCCN=C(N)N)ccc4OC)ccc3OC)ccc2OC)cc1C(N)=O. The quantitative estimate of drug-likeness (QED) is 0.0160. The van der Waals surface area contributed by atoms with Gasteiger partial charge in [-0.05, 0) is 116 Å². The average molecular weight is 1210 g/mol. The molecule has 0 radical (unpaired) electrons. The molecule has 4 aromatic carbocycles. The third-order valence-electron chi connectivity index (χ3n) is 13.6. The Morgan fingerprint density at radius 1 is 0.425 bits per heavy atom. The lowest BCUT2D eigenvalue weighted by Gasteiger charge is -2.21. The van der Waals surface area contributed by atoms with Gasteiger partial charge in [-0.3, -0.25) is 58.1 Å². The van der Waals surface area contributed by atoms with Crippen LogP contribution in [0.5, 0.6) is 23.0 Å². The van der Waals surface area contributed by atoms with Gasteiger partial charge in [0.05, 0.1) is 74.9 Å². The molecule has 0 aliphatic heterocycles. The van der Waals surface area contributed by atoms with Crippen molar-refractivity contribution in [3.8, 4) is 23.0 Å². The van der Waals surface area contributed by atoms with Gasteiger partial charge < -0.3 is 85.9 Å². The number of amides is 4. The van der Waals surface area contributed by atoms with Gasteiger partial charge in [-0.2, -0.15) is 0 Å². The van der Waals surface area contributed by atoms with Crippen molar-refractivity contribution < 1.29 is 67.2 Å². The molecule has 28 heteroatoms. The zero-order valence-electron chi connectivity index (χ0n) is 49.1. The van der Waals surface area contributed by atoms with E-state index in [4.69, 9.17) is 64.8 Å². The van der Waals surface area contributed by atoms with Gasteiger partial charge in [0.15, 0.2) is 41.0 Å². The first-order valence-corrected chi connectivity index (χ1v) is 27.5. The first kappa shape index (κ1) is 69.4. The van der Waals surface area contributed by atoms with E-state index in [1.165, 1.54) is 89.1 Å². The molecule has 4 amide bonds. The Morgan fingerprint density at radius 2 is 0.713 bits per heavy atom. The topological polar surface area (TPSA) is 492 Å². The Bertz CT molecular complexity index is 3230. The number of guanidine groups is 3. The molecule has 87 heavy (non-hydrogen) atoms. The fourth-order valence-electron chi connectivity index (χ4n) is 9.09. The van der Waals surface area contributed by atoms with Crippen LogP contribution < -0.4 is 80.8 Å². The van der Waals surface area contributed by atoms with Crippen LogP contribution in [0.1, 0.15) is 115 Å². The summed E-state index contributed by atoms with van der Waals surface area (Å²) in [6.45, 7) is 0.532. The Morgan fingerprint density at radius 3 is 1.01 bits per heavy atom. The number of nitrogens with one attached hydrogen (secondary N) is 3. The van der Waals surface area contributed by atoms with E-state index in [0.29, 0.717) is 30.5 Å². The minimum Gasteiger partial charge on any atom is -0.496 e. The van der Waals surface area contributed by atoms with E-state index in [1.54, 1.807) is 12.1 Å². The Labute approximate surface area is 502 Å². The number of methoxy groups -OCH3 is 4. The molecule has 468 valence electrons. The molecule has 0 bridgehead atoms. The summed E-state index contributed by atoms with van der Waals surface area (Å²) in [6, 6.07) is 13.2. The van der Waals surface area contributed by atoms with E-state index in [9.17, 15) is 48.3 Å². The number of Topliss-reactive ketones (excluding diaryl/α,β-unsaturated/α-hetero) is 4. The number of primary amides is 1. The summed E-state index contributed by atoms with van der Waals surface area (Å²) < 4.78 is 21.7. The minimum atomic E-state index is -1.42. The number of carboxylic acid groups (broad SMARTS) is 1. The number of nitrogens with zero attached hydrogens (tertiary/aromatic N) is 3. The van der Waals surface area contributed by atoms with Crippen LogP contribution in [-0.2, 0) is 49.7 Å². The van der Waals surface area contributed by atoms with Gasteiger partial charge in [-0.25, -0.2) is 0 Å². The van der Waals surface area contributed by atoms with Gasteiger partial charge in [0, 0.05) is 51.7 Å². The van der Waals surface area contributed by atoms with Crippen molar-refractivity contribution in [3.63, 3.8) is 0 Å². The fourth-order valence-corrected chi connectivity index (χ4v) is 9.09. The van der Waals surface area contributed by atoms with Crippen LogP contribution in [0.2, 0.25) is 0 Å². The van der Waals surface area contributed by atoms with Crippen molar-refractivity contribution in [1.82, 2.24) is 16.0 Å². The second-order valence-corrected chi connectivity index (χ2v) is 20.0. The highest BCUT2D eigenvalue weighted by Crippen LogP contribution is 2.26. The highest BCUT2D eigenvalue weighted by Gasteiger charge is 2.29. The summed E-state index contributed by atoms with van der Waals surface area (Å²) in [7, 11) is 5.32. The van der Waals surface area contributed by atoms with Crippen LogP contribution in [0.15, 0.2) is 87.8 Å². The minimum absolute atomic E-state index is 0.0236. The number of carbonyl (C=O) groups excluding carboxylic acids is 8. The number of ketones is 4. The zero-order valence-corrected chi connectivity index (χ0v) is 49.1. The van der Waals surface area contributed by atoms with Crippen LogP contribution in [-0.4, -0.2) is 148 Å². The molecule has 20 N–H and O–H groups in total. The van der Waals surface area contributed by atoms with Crippen molar-refractivity contribution in [2.75, 3.05) is 48.1 Å². The van der Waals surface area contributed by atoms with Crippen LogP contribution in [0.4, 0.5) is 0 Å². The van der Waals surface area contributed by atoms with E-state index in [-0.39, 0.29) is 144 Å². The van der Waals surface area contributed by atoms with E-state index in [1.807, 2.05) is 0 Å². The second-order valence-electron chi connectivity index (χ2n) is 20.0. The Balaban J connectivity index is 1.58. The number of nitrogens with two attached hydrogens (primary N) is 8. The third-order valence-corrected chi connectivity index (χ3v) is 13.6. The van der Waals surface area contributed by atoms with Crippen molar-refractivity contribution >= 4 is 70.6 Å². The largest absolute Gasteiger partial charge is 0.496 e. The molecule has 0 saturated heterocycles. The third kappa shape index (κ3) is 22.4. The van der Waals surface area contributed by atoms with Crippen molar-refractivity contribution in [2.24, 2.45) is 60.8 Å². The predicted octanol–water partition coefficient (Wildman–Crippen LogP) is 0.0150. The number of hydrogen-bond acceptors (Lipinski definition) is 17. The molecular formula is C59H78N14O14. The number of hydrogen-bond donors (Lipinski definition) is 12. The molecule has 4 aromatic rings. The number of carboxylic acids is 1. The number of benzene rings is 4. The molecule has 0 aromatic heterocycles. The summed E-state index contributed by atoms with van der Waals surface area (Å²) in [6.07, 6.45) is -0.596. The molecule has 0 saturated carbocycles. The van der Waals surface area contributed by atoms with Gasteiger partial charge >= 0.3 is 5.97 Å². The molecule has 0 fully saturated rings. The molecule has 4 rings (SSSR count). The van der Waals surface area contributed by atoms with Crippen LogP contribution in [0.25, 0.3) is 0 Å². The maximum atomic E-state index is 14.3. The fraction of sp³-hybridized carbons (Fsp3) is 0.390. The zero-order chi connectivity index (χ0) is 64.3. The maximum absolute atomic E-state index is 14.3. The monoisotopic (exact) mass is 1210 g/mol. The van der Waals surface area contributed by atoms with Gasteiger partial charge in [0.25, 0.3) is 23.6 Å².